The summed E-state index contributed by atoms with van der Waals surface area (Å²) in [5, 5.41) is 11.9. The van der Waals surface area contributed by atoms with Crippen LogP contribution in [-0.4, -0.2) is 16.8 Å². The van der Waals surface area contributed by atoms with Gasteiger partial charge in [-0.15, -0.1) is 10.2 Å². The quantitative estimate of drug-likeness (QED) is 0.879. The first-order valence-electron chi connectivity index (χ1n) is 7.01. The van der Waals surface area contributed by atoms with Gasteiger partial charge in [0.05, 0.1) is 6.61 Å². The van der Waals surface area contributed by atoms with E-state index in [1.807, 2.05) is 32.9 Å². The number of nitrogens with zero attached hydrogens (tertiary/aromatic N) is 2. The highest BCUT2D eigenvalue weighted by molar-refractivity contribution is 6.30. The van der Waals surface area contributed by atoms with Crippen molar-refractivity contribution in [3.05, 3.63) is 51.7 Å². The standard InChI is InChI=1S/C16H20ClN3O/c1-4-21-10-14-8-6-5-7-13(14)9-18-16-12(3)11(2)15(17)19-20-16/h5-8H,4,9-10H2,1-3H3,(H,18,20). The molecule has 2 aromatic rings. The summed E-state index contributed by atoms with van der Waals surface area (Å²) in [4.78, 5) is 0. The topological polar surface area (TPSA) is 47.0 Å². The molecule has 1 aromatic carbocycles. The van der Waals surface area contributed by atoms with Crippen molar-refractivity contribution in [3.8, 4) is 0 Å². The lowest BCUT2D eigenvalue weighted by Gasteiger charge is -2.13. The summed E-state index contributed by atoms with van der Waals surface area (Å²) >= 11 is 5.97. The molecule has 1 aromatic heterocycles. The average Bonchev–Trinajstić information content (AvgIpc) is 2.51. The molecule has 5 heteroatoms. The molecule has 21 heavy (non-hydrogen) atoms. The van der Waals surface area contributed by atoms with Crippen LogP contribution in [0.15, 0.2) is 24.3 Å². The van der Waals surface area contributed by atoms with Crippen molar-refractivity contribution < 1.29 is 4.74 Å². The van der Waals surface area contributed by atoms with Crippen LogP contribution in [0, 0.1) is 13.8 Å². The van der Waals surface area contributed by atoms with E-state index < -0.39 is 0 Å². The van der Waals surface area contributed by atoms with Crippen LogP contribution in [0.3, 0.4) is 0 Å². The number of hydrogen-bond acceptors (Lipinski definition) is 4. The van der Waals surface area contributed by atoms with E-state index in [1.165, 1.54) is 11.1 Å². The van der Waals surface area contributed by atoms with Gasteiger partial charge in [0.25, 0.3) is 0 Å². The predicted octanol–water partition coefficient (Wildman–Crippen LogP) is 3.90. The fourth-order valence-corrected chi connectivity index (χ4v) is 2.19. The number of nitrogens with one attached hydrogen (secondary N) is 1. The first kappa shape index (κ1) is 15.7. The highest BCUT2D eigenvalue weighted by Crippen LogP contribution is 2.21. The van der Waals surface area contributed by atoms with Crippen LogP contribution in [0.4, 0.5) is 5.82 Å². The van der Waals surface area contributed by atoms with E-state index in [0.717, 1.165) is 16.9 Å². The third-order valence-electron chi connectivity index (χ3n) is 3.49. The van der Waals surface area contributed by atoms with Gasteiger partial charge in [-0.1, -0.05) is 35.9 Å². The molecule has 2 rings (SSSR count). The largest absolute Gasteiger partial charge is 0.377 e. The minimum absolute atomic E-state index is 0.454. The predicted molar refractivity (Wildman–Crippen MR) is 85.6 cm³/mol. The monoisotopic (exact) mass is 305 g/mol. The van der Waals surface area contributed by atoms with Crippen molar-refractivity contribution in [1.82, 2.24) is 10.2 Å². The molecular weight excluding hydrogens is 286 g/mol. The lowest BCUT2D eigenvalue weighted by Crippen LogP contribution is -2.08. The van der Waals surface area contributed by atoms with Gasteiger partial charge in [-0.25, -0.2) is 0 Å². The van der Waals surface area contributed by atoms with E-state index in [-0.39, 0.29) is 0 Å². The van der Waals surface area contributed by atoms with Crippen molar-refractivity contribution in [2.45, 2.75) is 33.9 Å². The Hall–Kier alpha value is -1.65. The van der Waals surface area contributed by atoms with Crippen LogP contribution in [0.2, 0.25) is 5.15 Å². The van der Waals surface area contributed by atoms with Gasteiger partial charge in [0.15, 0.2) is 11.0 Å². The number of ether oxygens (including phenoxy) is 1. The third kappa shape index (κ3) is 3.93. The Balaban J connectivity index is 2.11. The number of aromatic nitrogens is 2. The van der Waals surface area contributed by atoms with Crippen LogP contribution in [0.5, 0.6) is 0 Å². The van der Waals surface area contributed by atoms with Crippen LogP contribution in [0.1, 0.15) is 29.2 Å². The number of hydrogen-bond donors (Lipinski definition) is 1. The maximum Gasteiger partial charge on any atom is 0.155 e. The normalized spacial score (nSPS) is 10.7. The van der Waals surface area contributed by atoms with Gasteiger partial charge in [0.2, 0.25) is 0 Å². The molecule has 0 aliphatic carbocycles. The second-order valence-electron chi connectivity index (χ2n) is 4.85. The maximum absolute atomic E-state index is 5.97. The smallest absolute Gasteiger partial charge is 0.155 e. The van der Waals surface area contributed by atoms with Crippen molar-refractivity contribution >= 4 is 17.4 Å². The Labute approximate surface area is 130 Å². The summed E-state index contributed by atoms with van der Waals surface area (Å²) in [7, 11) is 0. The van der Waals surface area contributed by atoms with Gasteiger partial charge in [-0.05, 0) is 43.0 Å². The van der Waals surface area contributed by atoms with Gasteiger partial charge < -0.3 is 10.1 Å². The molecule has 1 heterocycles. The molecule has 0 atom stereocenters. The molecule has 0 saturated heterocycles. The summed E-state index contributed by atoms with van der Waals surface area (Å²) < 4.78 is 5.50. The molecule has 0 amide bonds. The minimum atomic E-state index is 0.454. The molecule has 0 saturated carbocycles. The molecule has 0 radical (unpaired) electrons. The number of benzene rings is 1. The van der Waals surface area contributed by atoms with Gasteiger partial charge in [0, 0.05) is 13.2 Å². The summed E-state index contributed by atoms with van der Waals surface area (Å²) in [6.45, 7) is 7.95. The Morgan fingerprint density at radius 2 is 1.81 bits per heavy atom. The van der Waals surface area contributed by atoms with Crippen LogP contribution in [0.25, 0.3) is 0 Å². The molecule has 0 spiro atoms. The lowest BCUT2D eigenvalue weighted by molar-refractivity contribution is 0.133. The fourth-order valence-electron chi connectivity index (χ4n) is 2.01. The summed E-state index contributed by atoms with van der Waals surface area (Å²) in [6.07, 6.45) is 0. The second kappa shape index (κ2) is 7.38. The Bertz CT molecular complexity index is 616. The van der Waals surface area contributed by atoms with Crippen LogP contribution >= 0.6 is 11.6 Å². The average molecular weight is 306 g/mol. The molecule has 0 unspecified atom stereocenters. The molecule has 0 bridgehead atoms. The van der Waals surface area contributed by atoms with E-state index in [1.54, 1.807) is 0 Å². The van der Waals surface area contributed by atoms with E-state index >= 15 is 0 Å². The highest BCUT2D eigenvalue weighted by atomic mass is 35.5. The van der Waals surface area contributed by atoms with E-state index in [4.69, 9.17) is 16.3 Å². The van der Waals surface area contributed by atoms with Gasteiger partial charge in [-0.3, -0.25) is 0 Å². The van der Waals surface area contributed by atoms with Gasteiger partial charge in [-0.2, -0.15) is 0 Å². The molecular formula is C16H20ClN3O. The van der Waals surface area contributed by atoms with Crippen LogP contribution < -0.4 is 5.32 Å². The van der Waals surface area contributed by atoms with E-state index in [2.05, 4.69) is 27.6 Å². The molecule has 0 fully saturated rings. The van der Waals surface area contributed by atoms with Crippen molar-refractivity contribution in [3.63, 3.8) is 0 Å². The molecule has 4 nitrogen and oxygen atoms in total. The summed E-state index contributed by atoms with van der Waals surface area (Å²) in [6, 6.07) is 8.22. The van der Waals surface area contributed by atoms with Crippen LogP contribution in [-0.2, 0) is 17.9 Å². The number of rotatable bonds is 6. The molecule has 0 aliphatic rings. The Kier molecular flexibility index (Phi) is 5.53. The highest BCUT2D eigenvalue weighted by Gasteiger charge is 2.08. The van der Waals surface area contributed by atoms with Gasteiger partial charge in [0.1, 0.15) is 0 Å². The molecule has 1 N–H and O–H groups in total. The number of halogens is 1. The van der Waals surface area contributed by atoms with Crippen molar-refractivity contribution in [1.29, 1.82) is 0 Å². The molecule has 0 aliphatic heterocycles. The third-order valence-corrected chi connectivity index (χ3v) is 3.85. The maximum atomic E-state index is 5.97. The molecule has 112 valence electrons. The SMILES string of the molecule is CCOCc1ccccc1CNc1nnc(Cl)c(C)c1C. The zero-order valence-electron chi connectivity index (χ0n) is 12.6. The Morgan fingerprint density at radius 3 is 2.52 bits per heavy atom. The first-order valence-corrected chi connectivity index (χ1v) is 7.39. The fraction of sp³-hybridized carbons (Fsp3) is 0.375. The second-order valence-corrected chi connectivity index (χ2v) is 5.21. The zero-order chi connectivity index (χ0) is 15.2. The van der Waals surface area contributed by atoms with Gasteiger partial charge >= 0.3 is 0 Å². The van der Waals surface area contributed by atoms with E-state index in [9.17, 15) is 0 Å². The van der Waals surface area contributed by atoms with Crippen molar-refractivity contribution in [2.24, 2.45) is 0 Å². The zero-order valence-corrected chi connectivity index (χ0v) is 13.4. The van der Waals surface area contributed by atoms with Crippen molar-refractivity contribution in [2.75, 3.05) is 11.9 Å². The lowest BCUT2D eigenvalue weighted by atomic mass is 10.1. The van der Waals surface area contributed by atoms with E-state index in [0.29, 0.717) is 24.9 Å². The minimum Gasteiger partial charge on any atom is -0.377 e. The first-order chi connectivity index (χ1) is 10.1. The summed E-state index contributed by atoms with van der Waals surface area (Å²) in [5.41, 5.74) is 4.36. The number of anilines is 1. The summed E-state index contributed by atoms with van der Waals surface area (Å²) in [5.74, 6) is 0.767. The Morgan fingerprint density at radius 1 is 1.10 bits per heavy atom.